The number of aromatic nitrogens is 2. The molecule has 2 heterocycles. The first-order chi connectivity index (χ1) is 12.4. The normalized spacial score (nSPS) is 14.4. The zero-order valence-corrected chi connectivity index (χ0v) is 14.6. The van der Waals surface area contributed by atoms with Gasteiger partial charge in [0.2, 0.25) is 11.3 Å². The first-order valence-corrected chi connectivity index (χ1v) is 8.29. The van der Waals surface area contributed by atoms with Gasteiger partial charge in [0.05, 0.1) is 0 Å². The minimum absolute atomic E-state index is 0.0486. The molecular weight excluding hydrogens is 339 g/mol. The molecule has 0 spiro atoms. The lowest BCUT2D eigenvalue weighted by Gasteiger charge is -2.33. The van der Waals surface area contributed by atoms with Crippen molar-refractivity contribution in [3.05, 3.63) is 57.8 Å². The van der Waals surface area contributed by atoms with E-state index >= 15 is 0 Å². The van der Waals surface area contributed by atoms with Crippen LogP contribution in [0.1, 0.15) is 23.1 Å². The smallest absolute Gasteiger partial charge is 0.278 e. The number of nitrogens with zero attached hydrogens (tertiary/aromatic N) is 4. The number of carbonyl (C=O) groups excluding carboxylic acids is 2. The van der Waals surface area contributed by atoms with Gasteiger partial charge in [-0.3, -0.25) is 14.4 Å². The van der Waals surface area contributed by atoms with Crippen molar-refractivity contribution in [2.24, 2.45) is 0 Å². The molecule has 0 bridgehead atoms. The fourth-order valence-electron chi connectivity index (χ4n) is 2.94. The van der Waals surface area contributed by atoms with Gasteiger partial charge in [-0.25, -0.2) is 9.07 Å². The highest BCUT2D eigenvalue weighted by Crippen LogP contribution is 2.14. The van der Waals surface area contributed by atoms with E-state index in [1.807, 2.05) is 0 Å². The van der Waals surface area contributed by atoms with Crippen LogP contribution in [0.5, 0.6) is 0 Å². The van der Waals surface area contributed by atoms with Crippen LogP contribution in [-0.4, -0.2) is 57.6 Å². The largest absolute Gasteiger partial charge is 0.339 e. The first-order valence-electron chi connectivity index (χ1n) is 8.29. The molecular formula is C18H19FN4O3. The second kappa shape index (κ2) is 7.07. The van der Waals surface area contributed by atoms with Gasteiger partial charge in [0, 0.05) is 44.9 Å². The van der Waals surface area contributed by atoms with E-state index in [2.05, 4.69) is 5.10 Å². The molecule has 0 N–H and O–H groups in total. The predicted octanol–water partition coefficient (Wildman–Crippen LogP) is 0.984. The number of rotatable bonds is 2. The van der Waals surface area contributed by atoms with Gasteiger partial charge >= 0.3 is 0 Å². The molecule has 1 fully saturated rings. The van der Waals surface area contributed by atoms with Crippen LogP contribution < -0.4 is 5.43 Å². The molecule has 3 rings (SSSR count). The number of aryl methyl sites for hydroxylation is 1. The summed E-state index contributed by atoms with van der Waals surface area (Å²) in [5, 5.41) is 4.12. The third-order valence-electron chi connectivity index (χ3n) is 4.40. The van der Waals surface area contributed by atoms with Gasteiger partial charge in [-0.1, -0.05) is 12.1 Å². The van der Waals surface area contributed by atoms with Crippen molar-refractivity contribution in [1.82, 2.24) is 19.6 Å². The van der Waals surface area contributed by atoms with E-state index in [0.717, 1.165) is 0 Å². The van der Waals surface area contributed by atoms with Crippen molar-refractivity contribution in [1.29, 1.82) is 0 Å². The zero-order chi connectivity index (χ0) is 18.8. The lowest BCUT2D eigenvalue weighted by molar-refractivity contribution is -0.130. The van der Waals surface area contributed by atoms with E-state index in [9.17, 15) is 18.8 Å². The molecule has 0 aliphatic carbocycles. The Labute approximate surface area is 149 Å². The highest BCUT2D eigenvalue weighted by molar-refractivity contribution is 5.92. The molecule has 0 unspecified atom stereocenters. The van der Waals surface area contributed by atoms with Gasteiger partial charge in [-0.2, -0.15) is 5.10 Å². The quantitative estimate of drug-likeness (QED) is 0.802. The van der Waals surface area contributed by atoms with E-state index in [1.165, 1.54) is 34.7 Å². The van der Waals surface area contributed by atoms with Gasteiger partial charge in [0.15, 0.2) is 5.69 Å². The second-order valence-corrected chi connectivity index (χ2v) is 6.16. The van der Waals surface area contributed by atoms with E-state index in [-0.39, 0.29) is 17.3 Å². The Hall–Kier alpha value is -3.03. The van der Waals surface area contributed by atoms with Crippen LogP contribution in [0.2, 0.25) is 0 Å². The summed E-state index contributed by atoms with van der Waals surface area (Å²) in [6, 6.07) is 7.30. The van der Waals surface area contributed by atoms with Crippen molar-refractivity contribution >= 4 is 11.8 Å². The molecule has 1 aliphatic heterocycles. The van der Waals surface area contributed by atoms with Gasteiger partial charge < -0.3 is 9.80 Å². The molecule has 1 aromatic carbocycles. The molecule has 136 valence electrons. The second-order valence-electron chi connectivity index (χ2n) is 6.16. The Morgan fingerprint density at radius 1 is 1.08 bits per heavy atom. The lowest BCUT2D eigenvalue weighted by atomic mass is 10.2. The minimum atomic E-state index is -0.511. The van der Waals surface area contributed by atoms with Crippen LogP contribution in [0, 0.1) is 12.7 Å². The summed E-state index contributed by atoms with van der Waals surface area (Å²) in [7, 11) is 0. The standard InChI is InChI=1S/C18H19FN4O3/c1-12-11-16(25)17(20-23(12)15-6-4-3-5-14(15)19)18(26)22-9-7-21(8-10-22)13(2)24/h3-6,11H,7-10H2,1-2H3. The number of hydrogen-bond donors (Lipinski definition) is 0. The van der Waals surface area contributed by atoms with Crippen molar-refractivity contribution in [2.45, 2.75) is 13.8 Å². The van der Waals surface area contributed by atoms with Gasteiger partial charge in [-0.15, -0.1) is 0 Å². The van der Waals surface area contributed by atoms with Crippen molar-refractivity contribution in [3.63, 3.8) is 0 Å². The Bertz CT molecular complexity index is 917. The van der Waals surface area contributed by atoms with Crippen LogP contribution in [-0.2, 0) is 4.79 Å². The SMILES string of the molecule is CC(=O)N1CCN(C(=O)c2nn(-c3ccccc3F)c(C)cc2=O)CC1. The van der Waals surface area contributed by atoms with E-state index in [1.54, 1.807) is 24.0 Å². The topological polar surface area (TPSA) is 75.5 Å². The van der Waals surface area contributed by atoms with E-state index in [4.69, 9.17) is 0 Å². The molecule has 1 saturated heterocycles. The van der Waals surface area contributed by atoms with E-state index in [0.29, 0.717) is 31.9 Å². The van der Waals surface area contributed by atoms with Crippen LogP contribution in [0.25, 0.3) is 5.69 Å². The monoisotopic (exact) mass is 358 g/mol. The predicted molar refractivity (Wildman–Crippen MR) is 92.7 cm³/mol. The third-order valence-corrected chi connectivity index (χ3v) is 4.40. The van der Waals surface area contributed by atoms with Crippen LogP contribution >= 0.6 is 0 Å². The summed E-state index contributed by atoms with van der Waals surface area (Å²) in [5.41, 5.74) is -0.164. The maximum atomic E-state index is 14.1. The highest BCUT2D eigenvalue weighted by atomic mass is 19.1. The maximum Gasteiger partial charge on any atom is 0.278 e. The minimum Gasteiger partial charge on any atom is -0.339 e. The molecule has 1 aromatic heterocycles. The number of carbonyl (C=O) groups is 2. The Kier molecular flexibility index (Phi) is 4.83. The fraction of sp³-hybridized carbons (Fsp3) is 0.333. The first kappa shape index (κ1) is 17.8. The van der Waals surface area contributed by atoms with Crippen molar-refractivity contribution in [2.75, 3.05) is 26.2 Å². The lowest BCUT2D eigenvalue weighted by Crippen LogP contribution is -2.51. The molecule has 1 aliphatic rings. The third kappa shape index (κ3) is 3.35. The molecule has 8 heteroatoms. The summed E-state index contributed by atoms with van der Waals surface area (Å²) in [6.45, 7) is 4.58. The van der Waals surface area contributed by atoms with Gasteiger partial charge in [0.1, 0.15) is 11.5 Å². The summed E-state index contributed by atoms with van der Waals surface area (Å²) >= 11 is 0. The number of amides is 2. The maximum absolute atomic E-state index is 14.1. The summed E-state index contributed by atoms with van der Waals surface area (Å²) in [6.07, 6.45) is 0. The van der Waals surface area contributed by atoms with Crippen LogP contribution in [0.4, 0.5) is 4.39 Å². The summed E-state index contributed by atoms with van der Waals surface area (Å²) < 4.78 is 15.3. The van der Waals surface area contributed by atoms with Gasteiger partial charge in [0.25, 0.3) is 5.91 Å². The number of benzene rings is 1. The number of hydrogen-bond acceptors (Lipinski definition) is 4. The molecule has 2 amide bonds. The molecule has 2 aromatic rings. The molecule has 0 saturated carbocycles. The number of para-hydroxylation sites is 1. The molecule has 26 heavy (non-hydrogen) atoms. The summed E-state index contributed by atoms with van der Waals surface area (Å²) in [4.78, 5) is 39.5. The zero-order valence-electron chi connectivity index (χ0n) is 14.6. The van der Waals surface area contributed by atoms with Gasteiger partial charge in [-0.05, 0) is 19.1 Å². The molecule has 0 atom stereocenters. The Balaban J connectivity index is 1.92. The summed E-state index contributed by atoms with van der Waals surface area (Å²) in [5.74, 6) is -1.06. The Morgan fingerprint density at radius 2 is 1.69 bits per heavy atom. The van der Waals surface area contributed by atoms with Crippen molar-refractivity contribution in [3.8, 4) is 5.69 Å². The number of piperazine rings is 1. The average molecular weight is 358 g/mol. The Morgan fingerprint density at radius 3 is 2.31 bits per heavy atom. The molecule has 0 radical (unpaired) electrons. The molecule has 7 nitrogen and oxygen atoms in total. The number of halogens is 1. The highest BCUT2D eigenvalue weighted by Gasteiger charge is 2.26. The van der Waals surface area contributed by atoms with Crippen molar-refractivity contribution < 1.29 is 14.0 Å². The van der Waals surface area contributed by atoms with Crippen LogP contribution in [0.3, 0.4) is 0 Å². The van der Waals surface area contributed by atoms with Crippen LogP contribution in [0.15, 0.2) is 35.1 Å². The fourth-order valence-corrected chi connectivity index (χ4v) is 2.94. The average Bonchev–Trinajstić information content (AvgIpc) is 2.62. The van der Waals surface area contributed by atoms with E-state index < -0.39 is 17.2 Å².